The van der Waals surface area contributed by atoms with E-state index in [1.165, 1.54) is 12.3 Å². The quantitative estimate of drug-likeness (QED) is 0.485. The average molecular weight is 384 g/mol. The van der Waals surface area contributed by atoms with Crippen molar-refractivity contribution in [3.8, 4) is 0 Å². The van der Waals surface area contributed by atoms with Crippen molar-refractivity contribution in [2.45, 2.75) is 38.0 Å². The molecule has 1 N–H and O–H groups in total. The van der Waals surface area contributed by atoms with Crippen molar-refractivity contribution in [1.82, 2.24) is 9.71 Å². The number of hydrogen-bond acceptors (Lipinski definition) is 5. The summed E-state index contributed by atoms with van der Waals surface area (Å²) in [7, 11) is -3.83. The first-order valence-electron chi connectivity index (χ1n) is 7.99. The summed E-state index contributed by atoms with van der Waals surface area (Å²) >= 11 is 5.95. The zero-order valence-electron chi connectivity index (χ0n) is 13.9. The minimum Gasteiger partial charge on any atom is -0.258 e. The second kappa shape index (κ2) is 6.51. The summed E-state index contributed by atoms with van der Waals surface area (Å²) in [6, 6.07) is 1.40. The molecule has 1 aromatic carbocycles. The summed E-state index contributed by atoms with van der Waals surface area (Å²) in [5.41, 5.74) is 0.957. The van der Waals surface area contributed by atoms with Gasteiger partial charge in [-0.15, -0.1) is 0 Å². The predicted molar refractivity (Wildman–Crippen MR) is 95.5 cm³/mol. The van der Waals surface area contributed by atoms with Gasteiger partial charge in [-0.25, -0.2) is 18.1 Å². The van der Waals surface area contributed by atoms with Crippen LogP contribution in [0.5, 0.6) is 0 Å². The van der Waals surface area contributed by atoms with Gasteiger partial charge < -0.3 is 0 Å². The summed E-state index contributed by atoms with van der Waals surface area (Å²) < 4.78 is 28.5. The minimum absolute atomic E-state index is 0.0607. The van der Waals surface area contributed by atoms with Gasteiger partial charge in [0, 0.05) is 23.7 Å². The topological polar surface area (TPSA) is 102 Å². The second-order valence-corrected chi connectivity index (χ2v) is 8.63. The molecule has 134 valence electrons. The van der Waals surface area contributed by atoms with Crippen molar-refractivity contribution in [2.24, 2.45) is 5.92 Å². The van der Waals surface area contributed by atoms with E-state index in [1.807, 2.05) is 13.8 Å². The number of sulfonamides is 1. The molecular weight excluding hydrogens is 366 g/mol. The molecule has 9 heteroatoms. The van der Waals surface area contributed by atoms with Gasteiger partial charge in [0.25, 0.3) is 5.69 Å². The second-order valence-electron chi connectivity index (χ2n) is 6.54. The van der Waals surface area contributed by atoms with Crippen LogP contribution in [0.25, 0.3) is 10.8 Å². The summed E-state index contributed by atoms with van der Waals surface area (Å²) in [6.07, 6.45) is 2.94. The van der Waals surface area contributed by atoms with Crippen LogP contribution in [-0.2, 0) is 22.9 Å². The van der Waals surface area contributed by atoms with E-state index in [4.69, 9.17) is 11.6 Å². The van der Waals surface area contributed by atoms with Crippen molar-refractivity contribution in [3.63, 3.8) is 0 Å². The Morgan fingerprint density at radius 1 is 1.32 bits per heavy atom. The van der Waals surface area contributed by atoms with Gasteiger partial charge in [-0.05, 0) is 36.8 Å². The molecule has 0 atom stereocenters. The average Bonchev–Trinajstić information content (AvgIpc) is 2.98. The molecule has 0 aliphatic heterocycles. The summed E-state index contributed by atoms with van der Waals surface area (Å²) in [5.74, 6) is 0.136. The maximum Gasteiger partial charge on any atom is 0.282 e. The lowest BCUT2D eigenvalue weighted by molar-refractivity contribution is -0.383. The van der Waals surface area contributed by atoms with Crippen LogP contribution in [-0.4, -0.2) is 24.9 Å². The molecule has 1 aliphatic rings. The Hall–Kier alpha value is -1.77. The van der Waals surface area contributed by atoms with E-state index in [2.05, 4.69) is 9.71 Å². The van der Waals surface area contributed by atoms with Crippen molar-refractivity contribution in [3.05, 3.63) is 38.7 Å². The van der Waals surface area contributed by atoms with E-state index in [-0.39, 0.29) is 39.0 Å². The Bertz CT molecular complexity index is 973. The summed E-state index contributed by atoms with van der Waals surface area (Å²) in [6.45, 7) is 4.09. The molecule has 0 spiro atoms. The van der Waals surface area contributed by atoms with E-state index in [9.17, 15) is 18.5 Å². The van der Waals surface area contributed by atoms with E-state index < -0.39 is 14.9 Å². The molecular formula is C16H18ClN3O4S. The van der Waals surface area contributed by atoms with Crippen LogP contribution in [0, 0.1) is 16.0 Å². The third-order valence-corrected chi connectivity index (χ3v) is 6.04. The number of nitrogens with one attached hydrogen (secondary N) is 1. The molecule has 2 aromatic rings. The number of nitrogens with zero attached hydrogens (tertiary/aromatic N) is 2. The van der Waals surface area contributed by atoms with Crippen molar-refractivity contribution in [2.75, 3.05) is 6.54 Å². The lowest BCUT2D eigenvalue weighted by Gasteiger charge is -2.16. The van der Waals surface area contributed by atoms with E-state index in [0.29, 0.717) is 30.4 Å². The largest absolute Gasteiger partial charge is 0.282 e. The zero-order chi connectivity index (χ0) is 18.4. The molecule has 7 nitrogen and oxygen atoms in total. The van der Waals surface area contributed by atoms with Crippen LogP contribution >= 0.6 is 11.6 Å². The van der Waals surface area contributed by atoms with Crippen molar-refractivity contribution >= 4 is 38.1 Å². The number of benzene rings is 1. The fourth-order valence-electron chi connectivity index (χ4n) is 3.25. The smallest absolute Gasteiger partial charge is 0.258 e. The van der Waals surface area contributed by atoms with Gasteiger partial charge >= 0.3 is 0 Å². The molecule has 1 aliphatic carbocycles. The normalized spacial score (nSPS) is 14.2. The van der Waals surface area contributed by atoms with E-state index in [0.717, 1.165) is 0 Å². The number of rotatable bonds is 5. The molecule has 3 rings (SSSR count). The first-order valence-corrected chi connectivity index (χ1v) is 9.85. The molecule has 1 heterocycles. The van der Waals surface area contributed by atoms with Crippen molar-refractivity contribution < 1.29 is 13.3 Å². The van der Waals surface area contributed by atoms with Crippen molar-refractivity contribution in [1.29, 1.82) is 0 Å². The van der Waals surface area contributed by atoms with E-state index >= 15 is 0 Å². The predicted octanol–water partition coefficient (Wildman–Crippen LogP) is 3.22. The Balaban J connectivity index is 2.38. The lowest BCUT2D eigenvalue weighted by Crippen LogP contribution is -2.28. The van der Waals surface area contributed by atoms with Crippen LogP contribution in [0.3, 0.4) is 0 Å². The van der Waals surface area contributed by atoms with Gasteiger partial charge in [-0.3, -0.25) is 10.1 Å². The van der Waals surface area contributed by atoms with Gasteiger partial charge in [-0.2, -0.15) is 0 Å². The van der Waals surface area contributed by atoms with E-state index in [1.54, 1.807) is 0 Å². The summed E-state index contributed by atoms with van der Waals surface area (Å²) in [5, 5.41) is 12.2. The van der Waals surface area contributed by atoms with Gasteiger partial charge in [-0.1, -0.05) is 25.4 Å². The molecule has 0 bridgehead atoms. The monoisotopic (exact) mass is 383 g/mol. The number of halogens is 1. The highest BCUT2D eigenvalue weighted by Gasteiger charge is 2.34. The molecule has 0 radical (unpaired) electrons. The Morgan fingerprint density at radius 2 is 2.00 bits per heavy atom. The highest BCUT2D eigenvalue weighted by Crippen LogP contribution is 2.42. The van der Waals surface area contributed by atoms with Gasteiger partial charge in [0.2, 0.25) is 10.0 Å². The fraction of sp³-hybridized carbons (Fsp3) is 0.438. The molecule has 0 saturated carbocycles. The Kier molecular flexibility index (Phi) is 4.70. The minimum atomic E-state index is -3.83. The molecule has 0 saturated heterocycles. The standard InChI is InChI=1S/C16H18ClN3O4S/c1-9(2)7-19-25(23,24)16-11-5-3-4-10(11)15(20(21)22)13-8-18-14(17)6-12(13)16/h6,8-9,19H,3-5,7H2,1-2H3. The highest BCUT2D eigenvalue weighted by atomic mass is 35.5. The van der Waals surface area contributed by atoms with Gasteiger partial charge in [0.05, 0.1) is 15.2 Å². The van der Waals surface area contributed by atoms with Gasteiger partial charge in [0.15, 0.2) is 0 Å². The third kappa shape index (κ3) is 3.21. The Morgan fingerprint density at radius 3 is 2.64 bits per heavy atom. The fourth-order valence-corrected chi connectivity index (χ4v) is 5.11. The molecule has 1 aromatic heterocycles. The third-order valence-electron chi connectivity index (χ3n) is 4.28. The zero-order valence-corrected chi connectivity index (χ0v) is 15.4. The molecule has 0 fully saturated rings. The SMILES string of the molecule is CC(C)CNS(=O)(=O)c1c2c(c([N+](=O)[O-])c3cnc(Cl)cc13)CCC2. The van der Waals surface area contributed by atoms with Gasteiger partial charge in [0.1, 0.15) is 5.15 Å². The number of nitro groups is 1. The van der Waals surface area contributed by atoms with Crippen LogP contribution in [0.2, 0.25) is 5.15 Å². The number of hydrogen-bond donors (Lipinski definition) is 1. The number of aromatic nitrogens is 1. The molecule has 0 unspecified atom stereocenters. The number of fused-ring (bicyclic) bond motifs is 2. The Labute approximate surface area is 150 Å². The maximum absolute atomic E-state index is 13.0. The van der Waals surface area contributed by atoms with Crippen LogP contribution < -0.4 is 4.72 Å². The first kappa shape index (κ1) is 18.0. The van der Waals surface area contributed by atoms with Crippen LogP contribution in [0.15, 0.2) is 17.2 Å². The lowest BCUT2D eigenvalue weighted by atomic mass is 10.0. The maximum atomic E-state index is 13.0. The highest BCUT2D eigenvalue weighted by molar-refractivity contribution is 7.89. The summed E-state index contributed by atoms with van der Waals surface area (Å²) in [4.78, 5) is 15.2. The number of nitro benzene ring substituents is 1. The first-order chi connectivity index (χ1) is 11.7. The molecule has 25 heavy (non-hydrogen) atoms. The number of pyridine rings is 1. The molecule has 0 amide bonds. The van der Waals surface area contributed by atoms with Crippen LogP contribution in [0.1, 0.15) is 31.4 Å². The van der Waals surface area contributed by atoms with Crippen LogP contribution in [0.4, 0.5) is 5.69 Å².